The van der Waals surface area contributed by atoms with Crippen LogP contribution in [-0.4, -0.2) is 41.0 Å². The fourth-order valence-electron chi connectivity index (χ4n) is 4.79. The average molecular weight is 551 g/mol. The van der Waals surface area contributed by atoms with E-state index in [9.17, 15) is 24.8 Å². The number of benzene rings is 2. The van der Waals surface area contributed by atoms with Gasteiger partial charge in [-0.05, 0) is 6.42 Å². The van der Waals surface area contributed by atoms with Crippen LogP contribution >= 0.6 is 0 Å². The molecular formula is C29H22AsN3O4. The monoisotopic (exact) mass is 551 g/mol. The van der Waals surface area contributed by atoms with E-state index >= 15 is 0 Å². The quantitative estimate of drug-likeness (QED) is 0.343. The molecule has 0 spiro atoms. The Morgan fingerprint density at radius 2 is 1.86 bits per heavy atom. The molecular weight excluding hydrogens is 529 g/mol. The Kier molecular flexibility index (Phi) is 5.58. The summed E-state index contributed by atoms with van der Waals surface area (Å²) < 4.78 is 1.06. The van der Waals surface area contributed by atoms with Crippen molar-refractivity contribution in [3.8, 4) is 22.9 Å². The number of carboxylic acids is 1. The SMILES string of the molecule is N#CC1([AsH]C(=O)c2cn(-c3cccc(-c4ccc(C5C[C@H]5C(=O)O)cc4)c3)c3ncccc3c2=O)CC1. The summed E-state index contributed by atoms with van der Waals surface area (Å²) >= 11 is -1.29. The average Bonchev–Trinajstić information content (AvgIpc) is 3.85. The van der Waals surface area contributed by atoms with E-state index in [2.05, 4.69) is 11.1 Å². The van der Waals surface area contributed by atoms with E-state index in [4.69, 9.17) is 0 Å². The maximum absolute atomic E-state index is 13.2. The Labute approximate surface area is 219 Å². The molecule has 4 aromatic rings. The second kappa shape index (κ2) is 8.83. The predicted octanol–water partition coefficient (Wildman–Crippen LogP) is 4.29. The number of carbonyl (C=O) groups is 2. The Hall–Kier alpha value is -4.01. The van der Waals surface area contributed by atoms with E-state index in [1.807, 2.05) is 48.5 Å². The number of hydrogen-bond acceptors (Lipinski definition) is 5. The van der Waals surface area contributed by atoms with Gasteiger partial charge in [-0.25, -0.2) is 0 Å². The van der Waals surface area contributed by atoms with Gasteiger partial charge >= 0.3 is 197 Å². The van der Waals surface area contributed by atoms with Crippen molar-refractivity contribution in [2.45, 2.75) is 29.4 Å². The van der Waals surface area contributed by atoms with Gasteiger partial charge in [0.1, 0.15) is 0 Å². The Bertz CT molecular complexity index is 1680. The first-order valence-corrected chi connectivity index (χ1v) is 14.2. The van der Waals surface area contributed by atoms with Gasteiger partial charge in [-0.3, -0.25) is 4.79 Å². The van der Waals surface area contributed by atoms with Crippen molar-refractivity contribution in [1.82, 2.24) is 9.55 Å². The van der Waals surface area contributed by atoms with Crippen molar-refractivity contribution in [1.29, 1.82) is 5.26 Å². The zero-order valence-corrected chi connectivity index (χ0v) is 21.8. The third-order valence-corrected chi connectivity index (χ3v) is 10.6. The first kappa shape index (κ1) is 23.4. The topological polar surface area (TPSA) is 113 Å². The van der Waals surface area contributed by atoms with Gasteiger partial charge in [0.2, 0.25) is 0 Å². The number of nitriles is 1. The normalized spacial score (nSPS) is 19.5. The van der Waals surface area contributed by atoms with Crippen LogP contribution in [0.25, 0.3) is 27.8 Å². The van der Waals surface area contributed by atoms with Crippen LogP contribution in [0.15, 0.2) is 77.9 Å². The molecule has 2 aliphatic rings. The molecule has 2 fully saturated rings. The van der Waals surface area contributed by atoms with Crippen LogP contribution in [0.5, 0.6) is 0 Å². The van der Waals surface area contributed by atoms with Gasteiger partial charge in [0.15, 0.2) is 0 Å². The van der Waals surface area contributed by atoms with E-state index in [-0.39, 0.29) is 27.4 Å². The zero-order valence-electron chi connectivity index (χ0n) is 19.7. The number of carbonyl (C=O) groups excluding carboxylic acids is 1. The van der Waals surface area contributed by atoms with E-state index in [0.29, 0.717) is 17.5 Å². The molecule has 2 aromatic heterocycles. The molecule has 1 N–H and O–H groups in total. The van der Waals surface area contributed by atoms with Crippen LogP contribution < -0.4 is 5.43 Å². The predicted molar refractivity (Wildman–Crippen MR) is 140 cm³/mol. The minimum absolute atomic E-state index is 0.0754. The van der Waals surface area contributed by atoms with Gasteiger partial charge in [0.05, 0.1) is 5.92 Å². The third-order valence-electron chi connectivity index (χ3n) is 7.23. The summed E-state index contributed by atoms with van der Waals surface area (Å²) in [6, 6.07) is 21.4. The van der Waals surface area contributed by atoms with E-state index in [1.54, 1.807) is 29.1 Å². The van der Waals surface area contributed by atoms with E-state index < -0.39 is 25.9 Å². The number of nitrogens with zero attached hydrogens (tertiary/aromatic N) is 3. The number of fused-ring (bicyclic) bond motifs is 1. The van der Waals surface area contributed by atoms with Gasteiger partial charge in [-0.15, -0.1) is 0 Å². The second-order valence-corrected chi connectivity index (χ2v) is 13.2. The van der Waals surface area contributed by atoms with Crippen LogP contribution in [0.2, 0.25) is 4.20 Å². The van der Waals surface area contributed by atoms with Crippen LogP contribution in [0, 0.1) is 17.2 Å². The van der Waals surface area contributed by atoms with Crippen LogP contribution in [0.1, 0.15) is 41.1 Å². The molecule has 182 valence electrons. The fraction of sp³-hybridized carbons (Fsp3) is 0.207. The Balaban J connectivity index is 1.38. The number of rotatable bonds is 7. The van der Waals surface area contributed by atoms with Crippen LogP contribution in [0.3, 0.4) is 0 Å². The molecule has 0 bridgehead atoms. The third kappa shape index (κ3) is 4.28. The van der Waals surface area contributed by atoms with Crippen molar-refractivity contribution in [2.24, 2.45) is 5.92 Å². The summed E-state index contributed by atoms with van der Waals surface area (Å²) in [5, 5.41) is 19.0. The minimum atomic E-state index is -1.29. The molecule has 2 saturated carbocycles. The van der Waals surface area contributed by atoms with Crippen molar-refractivity contribution in [3.63, 3.8) is 0 Å². The van der Waals surface area contributed by atoms with Crippen molar-refractivity contribution in [2.75, 3.05) is 0 Å². The van der Waals surface area contributed by atoms with Crippen LogP contribution in [0.4, 0.5) is 0 Å². The van der Waals surface area contributed by atoms with Gasteiger partial charge in [0, 0.05) is 0 Å². The summed E-state index contributed by atoms with van der Waals surface area (Å²) in [5.74, 6) is -0.965. The van der Waals surface area contributed by atoms with E-state index in [1.165, 1.54) is 0 Å². The molecule has 0 amide bonds. The first-order chi connectivity index (χ1) is 17.9. The van der Waals surface area contributed by atoms with Crippen LogP contribution in [-0.2, 0) is 4.79 Å². The first-order valence-electron chi connectivity index (χ1n) is 12.1. The fourth-order valence-corrected chi connectivity index (χ4v) is 7.26. The van der Waals surface area contributed by atoms with Crippen molar-refractivity contribution >= 4 is 37.3 Å². The molecule has 2 heterocycles. The molecule has 0 saturated heterocycles. The number of aromatic nitrogens is 2. The standard InChI is InChI=1S/C29H22AsN3O4/c31-16-29(10-11-29)30-26(35)24-15-33(27-21(25(24)34)5-2-12-32-27)20-4-1-3-19(13-20)17-6-8-18(9-7-17)22-14-23(22)28(36)37/h1-9,12-13,15,22-23,30H,10-11,14H2,(H,36,37)/t22?,23-/m1/s1. The molecule has 0 aliphatic heterocycles. The van der Waals surface area contributed by atoms with Gasteiger partial charge in [0.25, 0.3) is 0 Å². The molecule has 0 radical (unpaired) electrons. The Morgan fingerprint density at radius 3 is 2.54 bits per heavy atom. The number of aliphatic carboxylic acids is 1. The number of carboxylic acid groups (broad SMARTS) is 1. The Morgan fingerprint density at radius 1 is 1.08 bits per heavy atom. The zero-order chi connectivity index (χ0) is 25.7. The summed E-state index contributed by atoms with van der Waals surface area (Å²) in [7, 11) is 0. The molecule has 6 rings (SSSR count). The summed E-state index contributed by atoms with van der Waals surface area (Å²) in [6.45, 7) is 0. The molecule has 3 atom stereocenters. The molecule has 2 aliphatic carbocycles. The molecule has 2 unspecified atom stereocenters. The van der Waals surface area contributed by atoms with Crippen molar-refractivity contribution in [3.05, 3.63) is 94.4 Å². The summed E-state index contributed by atoms with van der Waals surface area (Å²) in [5.41, 5.74) is 3.95. The van der Waals surface area contributed by atoms with Gasteiger partial charge in [-0.1, -0.05) is 0 Å². The summed E-state index contributed by atoms with van der Waals surface area (Å²) in [6.07, 6.45) is 5.34. The van der Waals surface area contributed by atoms with Crippen molar-refractivity contribution < 1.29 is 14.7 Å². The number of hydrogen-bond donors (Lipinski definition) is 1. The maximum atomic E-state index is 13.2. The molecule has 2 aromatic carbocycles. The summed E-state index contributed by atoms with van der Waals surface area (Å²) in [4.78, 5) is 42.1. The van der Waals surface area contributed by atoms with Gasteiger partial charge in [-0.2, -0.15) is 0 Å². The molecule has 7 nitrogen and oxygen atoms in total. The van der Waals surface area contributed by atoms with Gasteiger partial charge < -0.3 is 5.11 Å². The molecule has 37 heavy (non-hydrogen) atoms. The number of pyridine rings is 2. The van der Waals surface area contributed by atoms with E-state index in [0.717, 1.165) is 35.2 Å². The molecule has 8 heteroatoms. The second-order valence-electron chi connectivity index (χ2n) is 9.72.